The van der Waals surface area contributed by atoms with Crippen LogP contribution in [0.25, 0.3) is 11.3 Å². The molecule has 0 spiro atoms. The summed E-state index contributed by atoms with van der Waals surface area (Å²) in [4.78, 5) is 21.4. The van der Waals surface area contributed by atoms with Crippen LogP contribution in [-0.2, 0) is 13.6 Å². The Kier molecular flexibility index (Phi) is 6.88. The van der Waals surface area contributed by atoms with Gasteiger partial charge in [0.15, 0.2) is 6.29 Å². The van der Waals surface area contributed by atoms with Crippen molar-refractivity contribution in [2.75, 3.05) is 11.4 Å². The summed E-state index contributed by atoms with van der Waals surface area (Å²) in [6.45, 7) is 5.36. The molecule has 0 amide bonds. The summed E-state index contributed by atoms with van der Waals surface area (Å²) in [5, 5.41) is 13.6. The Morgan fingerprint density at radius 3 is 2.73 bits per heavy atom. The molecule has 4 heterocycles. The van der Waals surface area contributed by atoms with Crippen molar-refractivity contribution in [3.8, 4) is 11.3 Å². The van der Waals surface area contributed by atoms with Gasteiger partial charge in [0.05, 0.1) is 29.1 Å². The highest BCUT2D eigenvalue weighted by atomic mass is 35.5. The summed E-state index contributed by atoms with van der Waals surface area (Å²) < 4.78 is 3.75. The van der Waals surface area contributed by atoms with E-state index in [2.05, 4.69) is 37.1 Å². The van der Waals surface area contributed by atoms with Gasteiger partial charge in [0, 0.05) is 37.7 Å². The first-order valence-corrected chi connectivity index (χ1v) is 11.3. The predicted octanol–water partition coefficient (Wildman–Crippen LogP) is 4.55. The number of halogens is 1. The Balaban J connectivity index is 1.65. The van der Waals surface area contributed by atoms with E-state index in [1.807, 2.05) is 41.5 Å². The lowest BCUT2D eigenvalue weighted by Gasteiger charge is -2.22. The van der Waals surface area contributed by atoms with Crippen molar-refractivity contribution in [3.05, 3.63) is 59.0 Å². The molecule has 0 atom stereocenters. The quantitative estimate of drug-likeness (QED) is 0.272. The van der Waals surface area contributed by atoms with E-state index < -0.39 is 0 Å². The average molecular weight is 467 g/mol. The highest BCUT2D eigenvalue weighted by Crippen LogP contribution is 2.32. The molecule has 0 fully saturated rings. The monoisotopic (exact) mass is 466 g/mol. The van der Waals surface area contributed by atoms with Gasteiger partial charge >= 0.3 is 0 Å². The van der Waals surface area contributed by atoms with Gasteiger partial charge in [-0.05, 0) is 31.0 Å². The van der Waals surface area contributed by atoms with E-state index in [-0.39, 0.29) is 0 Å². The Morgan fingerprint density at radius 1 is 1.18 bits per heavy atom. The number of nitrogens with zero attached hydrogens (tertiary/aromatic N) is 7. The van der Waals surface area contributed by atoms with E-state index in [1.165, 1.54) is 0 Å². The van der Waals surface area contributed by atoms with E-state index in [0.29, 0.717) is 23.2 Å². The van der Waals surface area contributed by atoms with Gasteiger partial charge in [-0.15, -0.1) is 10.2 Å². The fraction of sp³-hybridized carbons (Fsp3) is 0.348. The van der Waals surface area contributed by atoms with Gasteiger partial charge in [0.25, 0.3) is 0 Å². The summed E-state index contributed by atoms with van der Waals surface area (Å²) in [7, 11) is 1.93. The van der Waals surface area contributed by atoms with Crippen molar-refractivity contribution in [2.45, 2.75) is 39.7 Å². The molecule has 9 nitrogen and oxygen atoms in total. The highest BCUT2D eigenvalue weighted by Gasteiger charge is 2.22. The first-order valence-electron chi connectivity index (χ1n) is 10.9. The number of carbonyl (C=O) groups excluding carboxylic acids is 1. The summed E-state index contributed by atoms with van der Waals surface area (Å²) in [5.41, 5.74) is 3.91. The van der Waals surface area contributed by atoms with E-state index in [0.717, 1.165) is 60.4 Å². The first kappa shape index (κ1) is 22.7. The van der Waals surface area contributed by atoms with E-state index in [4.69, 9.17) is 11.6 Å². The molecular weight excluding hydrogens is 440 g/mol. The number of hydrogen-bond acceptors (Lipinski definition) is 6. The lowest BCUT2D eigenvalue weighted by molar-refractivity contribution is 0.112. The molecule has 0 saturated heterocycles. The number of aldehydes is 1. The minimum Gasteiger partial charge on any atom is -0.350 e. The largest absolute Gasteiger partial charge is 0.350 e. The highest BCUT2D eigenvalue weighted by molar-refractivity contribution is 6.30. The van der Waals surface area contributed by atoms with Crippen LogP contribution >= 0.6 is 11.6 Å². The zero-order chi connectivity index (χ0) is 23.4. The van der Waals surface area contributed by atoms with Gasteiger partial charge in [-0.25, -0.2) is 0 Å². The maximum atomic E-state index is 12.0. The van der Waals surface area contributed by atoms with Crippen LogP contribution in [0.2, 0.25) is 5.02 Å². The molecule has 0 saturated carbocycles. The van der Waals surface area contributed by atoms with Gasteiger partial charge in [-0.1, -0.05) is 31.4 Å². The number of aryl methyl sites for hydroxylation is 1. The van der Waals surface area contributed by atoms with Crippen LogP contribution < -0.4 is 4.90 Å². The number of pyridine rings is 1. The number of aromatic amines is 1. The van der Waals surface area contributed by atoms with Crippen molar-refractivity contribution in [2.24, 2.45) is 7.05 Å². The topological polar surface area (TPSA) is 97.5 Å². The number of rotatable bonds is 10. The number of carbonyl (C=O) groups is 1. The van der Waals surface area contributed by atoms with Crippen LogP contribution in [0.15, 0.2) is 36.9 Å². The van der Waals surface area contributed by atoms with Crippen molar-refractivity contribution in [3.63, 3.8) is 0 Å². The molecule has 0 aliphatic carbocycles. The van der Waals surface area contributed by atoms with Crippen molar-refractivity contribution in [1.29, 1.82) is 0 Å². The third kappa shape index (κ3) is 4.98. The number of H-pyrrole nitrogens is 1. The minimum absolute atomic E-state index is 0.494. The molecule has 0 radical (unpaired) electrons. The second-order valence-corrected chi connectivity index (χ2v) is 8.44. The number of hydrogen-bond donors (Lipinski definition) is 1. The molecule has 4 aromatic rings. The molecule has 0 aromatic carbocycles. The van der Waals surface area contributed by atoms with Crippen LogP contribution in [0.1, 0.15) is 48.1 Å². The summed E-state index contributed by atoms with van der Waals surface area (Å²) in [5.74, 6) is 1.52. The number of anilines is 2. The van der Waals surface area contributed by atoms with Crippen molar-refractivity contribution in [1.82, 2.24) is 34.5 Å². The fourth-order valence-electron chi connectivity index (χ4n) is 3.73. The lowest BCUT2D eigenvalue weighted by atomic mass is 10.2. The maximum Gasteiger partial charge on any atom is 0.231 e. The summed E-state index contributed by atoms with van der Waals surface area (Å²) in [6, 6.07) is 3.84. The normalized spacial score (nSPS) is 11.2. The molecule has 0 aliphatic heterocycles. The van der Waals surface area contributed by atoms with Gasteiger partial charge in [-0.2, -0.15) is 5.10 Å². The molecule has 0 aliphatic rings. The smallest absolute Gasteiger partial charge is 0.231 e. The molecule has 172 valence electrons. The van der Waals surface area contributed by atoms with E-state index in [9.17, 15) is 4.79 Å². The summed E-state index contributed by atoms with van der Waals surface area (Å²) >= 11 is 6.04. The number of nitrogens with one attached hydrogen (secondary N) is 1. The van der Waals surface area contributed by atoms with E-state index in [1.54, 1.807) is 18.6 Å². The zero-order valence-electron chi connectivity index (χ0n) is 19.0. The fourth-order valence-corrected chi connectivity index (χ4v) is 3.92. The molecule has 4 aromatic heterocycles. The van der Waals surface area contributed by atoms with Gasteiger partial charge in [0.2, 0.25) is 5.95 Å². The Labute approximate surface area is 197 Å². The van der Waals surface area contributed by atoms with Crippen LogP contribution in [0, 0.1) is 6.92 Å². The molecule has 0 bridgehead atoms. The van der Waals surface area contributed by atoms with Crippen LogP contribution in [0.5, 0.6) is 0 Å². The molecule has 1 N–H and O–H groups in total. The van der Waals surface area contributed by atoms with Crippen LogP contribution in [-0.4, -0.2) is 47.3 Å². The predicted molar refractivity (Wildman–Crippen MR) is 128 cm³/mol. The number of unbranched alkanes of at least 4 members (excludes halogenated alkanes) is 2. The number of aromatic nitrogens is 7. The van der Waals surface area contributed by atoms with E-state index >= 15 is 0 Å². The Bertz CT molecular complexity index is 1240. The molecular formula is C23H27ClN8O. The first-order chi connectivity index (χ1) is 16.0. The zero-order valence-corrected chi connectivity index (χ0v) is 19.7. The molecule has 4 rings (SSSR count). The Morgan fingerprint density at radius 2 is 2.03 bits per heavy atom. The van der Waals surface area contributed by atoms with Crippen molar-refractivity contribution >= 4 is 29.5 Å². The lowest BCUT2D eigenvalue weighted by Crippen LogP contribution is -2.22. The standard InChI is InChI=1S/C23H27ClN8O/c1-4-5-6-7-32(23-29-28-16(2)30(23)3)22-9-20(27-21(22)15-33)18-11-26-31(14-18)13-17-8-19(24)12-25-10-17/h8-12,14-15,27H,4-7,13H2,1-3H3. The van der Waals surface area contributed by atoms with Crippen molar-refractivity contribution < 1.29 is 4.79 Å². The second-order valence-electron chi connectivity index (χ2n) is 8.00. The second kappa shape index (κ2) is 9.99. The minimum atomic E-state index is 0.494. The third-order valence-electron chi connectivity index (χ3n) is 5.58. The third-order valence-corrected chi connectivity index (χ3v) is 5.79. The van der Waals surface area contributed by atoms with Crippen LogP contribution in [0.4, 0.5) is 11.6 Å². The molecule has 33 heavy (non-hydrogen) atoms. The average Bonchev–Trinajstić information content (AvgIpc) is 3.51. The van der Waals surface area contributed by atoms with Gasteiger partial charge in [0.1, 0.15) is 11.5 Å². The summed E-state index contributed by atoms with van der Waals surface area (Å²) in [6.07, 6.45) is 11.1. The maximum absolute atomic E-state index is 12.0. The SMILES string of the molecule is CCCCCN(c1cc(-c2cnn(Cc3cncc(Cl)c3)c2)[nH]c1C=O)c1nnc(C)n1C. The van der Waals surface area contributed by atoms with Crippen LogP contribution in [0.3, 0.4) is 0 Å². The van der Waals surface area contributed by atoms with Gasteiger partial charge in [-0.3, -0.25) is 14.5 Å². The Hall–Kier alpha value is -3.46. The molecule has 0 unspecified atom stereocenters. The molecule has 10 heteroatoms. The van der Waals surface area contributed by atoms with Gasteiger partial charge < -0.3 is 14.5 Å².